The van der Waals surface area contributed by atoms with Gasteiger partial charge in [0, 0.05) is 0 Å². The Kier molecular flexibility index (Phi) is 4.29. The fourth-order valence-corrected chi connectivity index (χ4v) is 1.94. The monoisotopic (exact) mass is 275 g/mol. The Morgan fingerprint density at radius 1 is 1.50 bits per heavy atom. The Morgan fingerprint density at radius 3 is 2.95 bits per heavy atom. The highest BCUT2D eigenvalue weighted by atomic mass is 16.3. The van der Waals surface area contributed by atoms with Gasteiger partial charge in [0.1, 0.15) is 5.75 Å². The molecule has 7 heteroatoms. The lowest BCUT2D eigenvalue weighted by Crippen LogP contribution is -2.29. The maximum Gasteiger partial charge on any atom is 0.255 e. The number of aromatic amines is 1. The molecule has 2 aromatic rings. The number of aromatic hydroxyl groups is 1. The van der Waals surface area contributed by atoms with Gasteiger partial charge in [0.25, 0.3) is 5.91 Å². The second-order valence-corrected chi connectivity index (χ2v) is 4.61. The first kappa shape index (κ1) is 14.0. The number of benzene rings is 1. The van der Waals surface area contributed by atoms with Crippen molar-refractivity contribution in [1.82, 2.24) is 25.9 Å². The Bertz CT molecular complexity index is 582. The van der Waals surface area contributed by atoms with Gasteiger partial charge in [0.2, 0.25) is 0 Å². The number of tetrazole rings is 1. The van der Waals surface area contributed by atoms with Crippen LogP contribution >= 0.6 is 0 Å². The van der Waals surface area contributed by atoms with E-state index in [9.17, 15) is 9.90 Å². The molecular weight excluding hydrogens is 258 g/mol. The van der Waals surface area contributed by atoms with Crippen LogP contribution in [0.2, 0.25) is 0 Å². The minimum absolute atomic E-state index is 0.0449. The van der Waals surface area contributed by atoms with Crippen molar-refractivity contribution in [1.29, 1.82) is 0 Å². The first-order chi connectivity index (χ1) is 9.61. The van der Waals surface area contributed by atoms with E-state index in [2.05, 4.69) is 25.9 Å². The molecule has 0 unspecified atom stereocenters. The summed E-state index contributed by atoms with van der Waals surface area (Å²) in [5.41, 5.74) is 1.15. The number of nitrogens with zero attached hydrogens (tertiary/aromatic N) is 3. The Hall–Kier alpha value is -2.44. The number of aromatic nitrogens is 4. The number of phenols is 1. The molecule has 7 nitrogen and oxygen atoms in total. The topological polar surface area (TPSA) is 104 Å². The maximum absolute atomic E-state index is 12.2. The Morgan fingerprint density at radius 2 is 2.30 bits per heavy atom. The van der Waals surface area contributed by atoms with Gasteiger partial charge in [-0.1, -0.05) is 30.2 Å². The number of carbonyl (C=O) groups is 1. The summed E-state index contributed by atoms with van der Waals surface area (Å²) in [5.74, 6) is 0.0400. The van der Waals surface area contributed by atoms with E-state index in [0.717, 1.165) is 12.0 Å². The van der Waals surface area contributed by atoms with Crippen molar-refractivity contribution in [2.45, 2.75) is 32.7 Å². The van der Waals surface area contributed by atoms with Crippen molar-refractivity contribution in [3.63, 3.8) is 0 Å². The van der Waals surface area contributed by atoms with Crippen LogP contribution in [0.25, 0.3) is 0 Å². The van der Waals surface area contributed by atoms with Gasteiger partial charge in [-0.15, -0.1) is 10.2 Å². The van der Waals surface area contributed by atoms with Gasteiger partial charge in [-0.25, -0.2) is 0 Å². The molecule has 3 N–H and O–H groups in total. The fourth-order valence-electron chi connectivity index (χ4n) is 1.94. The second-order valence-electron chi connectivity index (χ2n) is 4.61. The van der Waals surface area contributed by atoms with E-state index in [1.165, 1.54) is 6.07 Å². The van der Waals surface area contributed by atoms with Crippen LogP contribution < -0.4 is 5.32 Å². The average Bonchev–Trinajstić information content (AvgIpc) is 2.95. The van der Waals surface area contributed by atoms with Crippen molar-refractivity contribution < 1.29 is 9.90 Å². The zero-order valence-corrected chi connectivity index (χ0v) is 11.4. The van der Waals surface area contributed by atoms with Crippen LogP contribution in [0.5, 0.6) is 5.75 Å². The highest BCUT2D eigenvalue weighted by Gasteiger charge is 2.20. The third kappa shape index (κ3) is 3.11. The first-order valence-corrected chi connectivity index (χ1v) is 6.45. The minimum atomic E-state index is -0.352. The van der Waals surface area contributed by atoms with Crippen molar-refractivity contribution in [3.05, 3.63) is 35.2 Å². The fraction of sp³-hybridized carbons (Fsp3) is 0.385. The van der Waals surface area contributed by atoms with Gasteiger partial charge in [-0.2, -0.15) is 5.21 Å². The predicted octanol–water partition coefficient (Wildman–Crippen LogP) is 1.48. The number of aryl methyl sites for hydroxylation is 1. The van der Waals surface area contributed by atoms with Crippen molar-refractivity contribution in [3.8, 4) is 5.75 Å². The lowest BCUT2D eigenvalue weighted by Gasteiger charge is -2.15. The predicted molar refractivity (Wildman–Crippen MR) is 72.1 cm³/mol. The number of carbonyl (C=O) groups excluding carboxylic acids is 1. The number of hydrogen-bond donors (Lipinski definition) is 3. The van der Waals surface area contributed by atoms with Crippen LogP contribution in [-0.2, 0) is 0 Å². The lowest BCUT2D eigenvalue weighted by atomic mass is 10.1. The zero-order valence-electron chi connectivity index (χ0n) is 11.4. The third-order valence-electron chi connectivity index (χ3n) is 2.95. The number of rotatable bonds is 5. The summed E-state index contributed by atoms with van der Waals surface area (Å²) >= 11 is 0. The number of amides is 1. The van der Waals surface area contributed by atoms with Crippen LogP contribution in [0.4, 0.5) is 0 Å². The highest BCUT2D eigenvalue weighted by Crippen LogP contribution is 2.20. The maximum atomic E-state index is 12.2. The summed E-state index contributed by atoms with van der Waals surface area (Å²) in [5, 5.41) is 26.3. The van der Waals surface area contributed by atoms with E-state index in [1.807, 2.05) is 13.8 Å². The largest absolute Gasteiger partial charge is 0.507 e. The third-order valence-corrected chi connectivity index (χ3v) is 2.95. The molecule has 0 aliphatic rings. The van der Waals surface area contributed by atoms with E-state index in [4.69, 9.17) is 0 Å². The molecule has 1 amide bonds. The molecular formula is C13H17N5O2. The van der Waals surface area contributed by atoms with E-state index in [-0.39, 0.29) is 23.3 Å². The molecule has 1 heterocycles. The standard InChI is InChI=1S/C13H17N5O2/c1-3-4-10(12-15-17-18-16-12)14-13(20)9-7-8(2)5-6-11(9)19/h5-7,10,19H,3-4H2,1-2H3,(H,14,20)(H,15,16,17,18)/t10-/m0/s1. The summed E-state index contributed by atoms with van der Waals surface area (Å²) in [6.07, 6.45) is 1.55. The smallest absolute Gasteiger partial charge is 0.255 e. The average molecular weight is 275 g/mol. The van der Waals surface area contributed by atoms with Gasteiger partial charge >= 0.3 is 0 Å². The van der Waals surface area contributed by atoms with E-state index >= 15 is 0 Å². The quantitative estimate of drug-likeness (QED) is 0.766. The molecule has 1 aromatic carbocycles. The van der Waals surface area contributed by atoms with E-state index < -0.39 is 0 Å². The molecule has 106 valence electrons. The van der Waals surface area contributed by atoms with Crippen LogP contribution in [0.3, 0.4) is 0 Å². The van der Waals surface area contributed by atoms with Crippen molar-refractivity contribution in [2.75, 3.05) is 0 Å². The van der Waals surface area contributed by atoms with Crippen LogP contribution in [0.1, 0.15) is 47.6 Å². The number of hydrogen-bond acceptors (Lipinski definition) is 5. The van der Waals surface area contributed by atoms with Crippen molar-refractivity contribution >= 4 is 5.91 Å². The summed E-state index contributed by atoms with van der Waals surface area (Å²) in [6, 6.07) is 4.57. The van der Waals surface area contributed by atoms with Gasteiger partial charge in [0.05, 0.1) is 11.6 Å². The summed E-state index contributed by atoms with van der Waals surface area (Å²) < 4.78 is 0. The molecule has 0 aliphatic carbocycles. The minimum Gasteiger partial charge on any atom is -0.507 e. The van der Waals surface area contributed by atoms with Gasteiger partial charge < -0.3 is 10.4 Å². The number of phenolic OH excluding ortho intramolecular Hbond substituents is 1. The lowest BCUT2D eigenvalue weighted by molar-refractivity contribution is 0.0930. The normalized spacial score (nSPS) is 12.1. The molecule has 1 atom stereocenters. The molecule has 0 spiro atoms. The summed E-state index contributed by atoms with van der Waals surface area (Å²) in [7, 11) is 0. The molecule has 0 aliphatic heterocycles. The zero-order chi connectivity index (χ0) is 14.5. The first-order valence-electron chi connectivity index (χ1n) is 6.45. The van der Waals surface area contributed by atoms with Crippen LogP contribution in [0.15, 0.2) is 18.2 Å². The van der Waals surface area contributed by atoms with Crippen molar-refractivity contribution in [2.24, 2.45) is 0 Å². The molecule has 0 fully saturated rings. The SMILES string of the molecule is CCC[C@H](NC(=O)c1cc(C)ccc1O)c1nn[nH]n1. The Labute approximate surface area is 116 Å². The van der Waals surface area contributed by atoms with Crippen LogP contribution in [-0.4, -0.2) is 31.6 Å². The van der Waals surface area contributed by atoms with E-state index in [1.54, 1.807) is 12.1 Å². The molecule has 0 saturated carbocycles. The highest BCUT2D eigenvalue weighted by molar-refractivity contribution is 5.97. The molecule has 0 bridgehead atoms. The van der Waals surface area contributed by atoms with E-state index in [0.29, 0.717) is 12.2 Å². The molecule has 20 heavy (non-hydrogen) atoms. The molecule has 0 radical (unpaired) electrons. The van der Waals surface area contributed by atoms with Gasteiger partial charge in [-0.3, -0.25) is 4.79 Å². The summed E-state index contributed by atoms with van der Waals surface area (Å²) in [4.78, 5) is 12.2. The number of nitrogens with one attached hydrogen (secondary N) is 2. The molecule has 1 aromatic heterocycles. The second kappa shape index (κ2) is 6.14. The van der Waals surface area contributed by atoms with Crippen LogP contribution in [0, 0.1) is 6.92 Å². The molecule has 0 saturated heterocycles. The number of H-pyrrole nitrogens is 1. The Balaban J connectivity index is 2.18. The van der Waals surface area contributed by atoms with Gasteiger partial charge in [-0.05, 0) is 25.5 Å². The summed E-state index contributed by atoms with van der Waals surface area (Å²) in [6.45, 7) is 3.86. The molecule has 2 rings (SSSR count). The van der Waals surface area contributed by atoms with Gasteiger partial charge in [0.15, 0.2) is 5.82 Å².